The van der Waals surface area contributed by atoms with E-state index in [2.05, 4.69) is 56.8 Å². The van der Waals surface area contributed by atoms with E-state index in [0.29, 0.717) is 10.9 Å². The Morgan fingerprint density at radius 3 is 2.06 bits per heavy atom. The van der Waals surface area contributed by atoms with Gasteiger partial charge in [-0.3, -0.25) is 0 Å². The van der Waals surface area contributed by atoms with Crippen LogP contribution in [0.3, 0.4) is 0 Å². The predicted octanol–water partition coefficient (Wildman–Crippen LogP) is 3.71. The normalized spacial score (nSPS) is 18.7. The average molecular weight is 253 g/mol. The van der Waals surface area contributed by atoms with Gasteiger partial charge in [-0.05, 0) is 23.1 Å². The highest BCUT2D eigenvalue weighted by atomic mass is 32.2. The van der Waals surface area contributed by atoms with Crippen LogP contribution in [0.1, 0.15) is 26.3 Å². The van der Waals surface area contributed by atoms with E-state index in [1.807, 2.05) is 0 Å². The van der Waals surface area contributed by atoms with Crippen molar-refractivity contribution in [1.29, 1.82) is 0 Å². The molecule has 1 aromatic rings. The highest BCUT2D eigenvalue weighted by Crippen LogP contribution is 2.26. The maximum atomic E-state index is 2.36. The molecule has 0 nitrogen and oxygen atoms in total. The first kappa shape index (κ1) is 12.4. The lowest BCUT2D eigenvalue weighted by Crippen LogP contribution is -2.21. The molecular weight excluding hydrogens is 232 g/mol. The molecule has 1 fully saturated rings. The lowest BCUT2D eigenvalue weighted by atomic mass is 9.87. The predicted molar refractivity (Wildman–Crippen MR) is 77.8 cm³/mol. The van der Waals surface area contributed by atoms with Gasteiger partial charge in [-0.1, -0.05) is 32.9 Å². The second-order valence-electron chi connectivity index (χ2n) is 5.29. The molecule has 0 bridgehead atoms. The minimum absolute atomic E-state index is 0.282. The number of benzene rings is 1. The van der Waals surface area contributed by atoms with Gasteiger partial charge in [0.05, 0.1) is 0 Å². The summed E-state index contributed by atoms with van der Waals surface area (Å²) in [5, 5.41) is 0. The molecule has 0 saturated carbocycles. The Labute approximate surface area is 107 Å². The monoisotopic (exact) mass is 253 g/mol. The highest BCUT2D eigenvalue weighted by molar-refractivity contribution is 8.05. The third-order valence-electron chi connectivity index (χ3n) is 3.00. The molecule has 2 rings (SSSR count). The summed E-state index contributed by atoms with van der Waals surface area (Å²) in [5.41, 5.74) is 1.73. The van der Waals surface area contributed by atoms with Crippen molar-refractivity contribution in [2.24, 2.45) is 0 Å². The van der Waals surface area contributed by atoms with Crippen LogP contribution in [0.5, 0.6) is 0 Å². The Bertz CT molecular complexity index is 329. The Morgan fingerprint density at radius 2 is 1.56 bits per heavy atom. The first-order valence-electron chi connectivity index (χ1n) is 5.93. The molecule has 1 aliphatic rings. The van der Waals surface area contributed by atoms with Gasteiger partial charge in [0.15, 0.2) is 4.90 Å². The Hall–Kier alpha value is -0.0800. The van der Waals surface area contributed by atoms with E-state index in [-0.39, 0.29) is 5.41 Å². The lowest BCUT2D eigenvalue weighted by Gasteiger charge is -2.19. The van der Waals surface area contributed by atoms with E-state index < -0.39 is 0 Å². The van der Waals surface area contributed by atoms with Gasteiger partial charge in [0.1, 0.15) is 11.5 Å². The van der Waals surface area contributed by atoms with E-state index in [4.69, 9.17) is 0 Å². The molecule has 1 heterocycles. The summed E-state index contributed by atoms with van der Waals surface area (Å²) in [4.78, 5) is 1.58. The summed E-state index contributed by atoms with van der Waals surface area (Å²) >= 11 is 2.11. The van der Waals surface area contributed by atoms with Gasteiger partial charge in [0.25, 0.3) is 0 Å². The van der Waals surface area contributed by atoms with Crippen molar-refractivity contribution in [3.05, 3.63) is 29.8 Å². The van der Waals surface area contributed by atoms with E-state index in [0.717, 1.165) is 0 Å². The van der Waals surface area contributed by atoms with Crippen molar-refractivity contribution in [2.45, 2.75) is 31.1 Å². The third-order valence-corrected chi connectivity index (χ3v) is 6.84. The lowest BCUT2D eigenvalue weighted by molar-refractivity contribution is 0.589. The van der Waals surface area contributed by atoms with Gasteiger partial charge in [-0.25, -0.2) is 0 Å². The molecule has 88 valence electrons. The number of hydrogen-bond donors (Lipinski definition) is 0. The summed E-state index contributed by atoms with van der Waals surface area (Å²) in [6.07, 6.45) is 0. The largest absolute Gasteiger partial charge is 0.154 e. The SMILES string of the molecule is CC(C)(C)c1ccc([S+]2CCSCC2)cc1. The van der Waals surface area contributed by atoms with Gasteiger partial charge >= 0.3 is 0 Å². The maximum Gasteiger partial charge on any atom is 0.154 e. The molecule has 0 aromatic heterocycles. The summed E-state index contributed by atoms with van der Waals surface area (Å²) in [5.74, 6) is 5.48. The van der Waals surface area contributed by atoms with Crippen molar-refractivity contribution >= 4 is 22.7 Å². The van der Waals surface area contributed by atoms with Crippen LogP contribution >= 0.6 is 11.8 Å². The topological polar surface area (TPSA) is 0 Å². The average Bonchev–Trinajstić information content (AvgIpc) is 2.29. The summed E-state index contributed by atoms with van der Waals surface area (Å²) < 4.78 is 0. The van der Waals surface area contributed by atoms with Crippen molar-refractivity contribution in [2.75, 3.05) is 23.0 Å². The summed E-state index contributed by atoms with van der Waals surface area (Å²) in [6.45, 7) is 6.84. The van der Waals surface area contributed by atoms with Crippen LogP contribution in [-0.4, -0.2) is 23.0 Å². The molecule has 16 heavy (non-hydrogen) atoms. The van der Waals surface area contributed by atoms with Gasteiger partial charge in [-0.2, -0.15) is 11.8 Å². The maximum absolute atomic E-state index is 2.36. The molecular formula is C14H21S2+. The molecule has 0 aliphatic carbocycles. The molecule has 0 unspecified atom stereocenters. The molecule has 0 atom stereocenters. The van der Waals surface area contributed by atoms with Crippen LogP contribution < -0.4 is 0 Å². The standard InChI is InChI=1S/C14H21S2/c1-14(2,3)12-4-6-13(7-5-12)16-10-8-15-9-11-16/h4-7H,8-11H2,1-3H3/q+1. The van der Waals surface area contributed by atoms with Crippen LogP contribution in [0.25, 0.3) is 0 Å². The Morgan fingerprint density at radius 1 is 1.00 bits per heavy atom. The third kappa shape index (κ3) is 2.98. The summed E-state index contributed by atoms with van der Waals surface area (Å²) in [7, 11) is 0.536. The van der Waals surface area contributed by atoms with E-state index in [9.17, 15) is 0 Å². The van der Waals surface area contributed by atoms with Gasteiger partial charge < -0.3 is 0 Å². The van der Waals surface area contributed by atoms with Crippen LogP contribution in [0.4, 0.5) is 0 Å². The smallest absolute Gasteiger partial charge is 0.152 e. The fourth-order valence-electron chi connectivity index (χ4n) is 1.91. The van der Waals surface area contributed by atoms with Crippen molar-refractivity contribution in [3.63, 3.8) is 0 Å². The van der Waals surface area contributed by atoms with Crippen LogP contribution in [0.2, 0.25) is 0 Å². The summed E-state index contributed by atoms with van der Waals surface area (Å²) in [6, 6.07) is 9.37. The fourth-order valence-corrected chi connectivity index (χ4v) is 5.86. The number of hydrogen-bond acceptors (Lipinski definition) is 1. The second kappa shape index (κ2) is 5.05. The molecule has 0 amide bonds. The molecule has 1 aliphatic heterocycles. The minimum atomic E-state index is 0.282. The highest BCUT2D eigenvalue weighted by Gasteiger charge is 2.25. The quantitative estimate of drug-likeness (QED) is 0.688. The second-order valence-corrected chi connectivity index (χ2v) is 8.79. The zero-order valence-corrected chi connectivity index (χ0v) is 12.1. The van der Waals surface area contributed by atoms with E-state index in [1.54, 1.807) is 4.90 Å². The van der Waals surface area contributed by atoms with Gasteiger partial charge in [0, 0.05) is 22.4 Å². The Balaban J connectivity index is 2.12. The van der Waals surface area contributed by atoms with Crippen LogP contribution in [0.15, 0.2) is 29.2 Å². The zero-order valence-electron chi connectivity index (χ0n) is 10.5. The molecule has 1 saturated heterocycles. The van der Waals surface area contributed by atoms with Crippen LogP contribution in [0, 0.1) is 0 Å². The minimum Gasteiger partial charge on any atom is -0.152 e. The molecule has 2 heteroatoms. The number of rotatable bonds is 1. The van der Waals surface area contributed by atoms with E-state index in [1.165, 1.54) is 28.6 Å². The first-order chi connectivity index (χ1) is 7.57. The first-order valence-corrected chi connectivity index (χ1v) is 8.65. The van der Waals surface area contributed by atoms with Crippen molar-refractivity contribution in [3.8, 4) is 0 Å². The molecule has 0 radical (unpaired) electrons. The zero-order chi connectivity index (χ0) is 11.6. The fraction of sp³-hybridized carbons (Fsp3) is 0.571. The number of thioether (sulfide) groups is 1. The molecule has 0 N–H and O–H groups in total. The Kier molecular flexibility index (Phi) is 3.91. The van der Waals surface area contributed by atoms with Gasteiger partial charge in [-0.15, -0.1) is 0 Å². The van der Waals surface area contributed by atoms with Gasteiger partial charge in [0.2, 0.25) is 0 Å². The molecule has 1 aromatic carbocycles. The van der Waals surface area contributed by atoms with Crippen LogP contribution in [-0.2, 0) is 16.3 Å². The van der Waals surface area contributed by atoms with E-state index >= 15 is 0 Å². The molecule has 0 spiro atoms. The van der Waals surface area contributed by atoms with Crippen molar-refractivity contribution in [1.82, 2.24) is 0 Å². The van der Waals surface area contributed by atoms with Crippen molar-refractivity contribution < 1.29 is 0 Å².